The van der Waals surface area contributed by atoms with E-state index in [1.54, 1.807) is 12.1 Å². The molecule has 2 rings (SSSR count). The molecule has 0 atom stereocenters. The molecular formula is C9H7ClN2O2. The first-order chi connectivity index (χ1) is 6.61. The number of hydrogen-bond donors (Lipinski definition) is 2. The number of nitrogens with one attached hydrogen (secondary N) is 1. The predicted octanol–water partition coefficient (Wildman–Crippen LogP) is 2.22. The molecule has 2 N–H and O–H groups in total. The average molecular weight is 211 g/mol. The molecule has 0 amide bonds. The normalized spacial score (nSPS) is 10.7. The molecule has 0 aliphatic carbocycles. The van der Waals surface area contributed by atoms with Gasteiger partial charge in [-0.15, -0.1) is 0 Å². The van der Waals surface area contributed by atoms with Crippen molar-refractivity contribution < 1.29 is 9.90 Å². The fourth-order valence-electron chi connectivity index (χ4n) is 1.41. The molecule has 0 fully saturated rings. The lowest BCUT2D eigenvalue weighted by molar-refractivity contribution is 0.0692. The largest absolute Gasteiger partial charge is 0.477 e. The van der Waals surface area contributed by atoms with Crippen molar-refractivity contribution in [1.29, 1.82) is 0 Å². The summed E-state index contributed by atoms with van der Waals surface area (Å²) in [5.74, 6) is -1.03. The number of aromatic carboxylic acids is 1. The average Bonchev–Trinajstić information content (AvgIpc) is 2.56. The van der Waals surface area contributed by atoms with Crippen LogP contribution in [0.4, 0.5) is 0 Å². The molecular weight excluding hydrogens is 204 g/mol. The lowest BCUT2D eigenvalue weighted by Crippen LogP contribution is -1.97. The summed E-state index contributed by atoms with van der Waals surface area (Å²) >= 11 is 5.87. The molecule has 0 bridgehead atoms. The fourth-order valence-corrected chi connectivity index (χ4v) is 1.61. The maximum absolute atomic E-state index is 10.8. The number of carboxylic acids is 1. The zero-order chi connectivity index (χ0) is 10.3. The van der Waals surface area contributed by atoms with E-state index in [2.05, 4.69) is 10.2 Å². The van der Waals surface area contributed by atoms with Gasteiger partial charge >= 0.3 is 5.97 Å². The SMILES string of the molecule is Cc1ccc(Cl)c2n[nH]c(C(=O)O)c12. The van der Waals surface area contributed by atoms with Crippen molar-refractivity contribution in [2.45, 2.75) is 6.92 Å². The van der Waals surface area contributed by atoms with Gasteiger partial charge in [0.1, 0.15) is 5.52 Å². The first-order valence-corrected chi connectivity index (χ1v) is 4.35. The van der Waals surface area contributed by atoms with Crippen molar-refractivity contribution >= 4 is 28.5 Å². The summed E-state index contributed by atoms with van der Waals surface area (Å²) in [6, 6.07) is 3.47. The van der Waals surface area contributed by atoms with Crippen molar-refractivity contribution in [1.82, 2.24) is 10.2 Å². The van der Waals surface area contributed by atoms with E-state index in [1.165, 1.54) is 0 Å². The lowest BCUT2D eigenvalue weighted by Gasteiger charge is -1.97. The minimum absolute atomic E-state index is 0.0833. The number of halogens is 1. The summed E-state index contributed by atoms with van der Waals surface area (Å²) < 4.78 is 0. The molecule has 14 heavy (non-hydrogen) atoms. The minimum atomic E-state index is -1.03. The van der Waals surface area contributed by atoms with Crippen LogP contribution in [0.5, 0.6) is 0 Å². The van der Waals surface area contributed by atoms with Crippen LogP contribution >= 0.6 is 11.6 Å². The molecule has 1 aromatic carbocycles. The summed E-state index contributed by atoms with van der Waals surface area (Å²) in [6.07, 6.45) is 0. The molecule has 4 nitrogen and oxygen atoms in total. The Bertz CT molecular complexity index is 519. The van der Waals surface area contributed by atoms with E-state index < -0.39 is 5.97 Å². The van der Waals surface area contributed by atoms with Crippen LogP contribution in [0.25, 0.3) is 10.9 Å². The number of fused-ring (bicyclic) bond motifs is 1. The van der Waals surface area contributed by atoms with Gasteiger partial charge < -0.3 is 5.11 Å². The van der Waals surface area contributed by atoms with Gasteiger partial charge in [-0.05, 0) is 18.6 Å². The van der Waals surface area contributed by atoms with E-state index in [9.17, 15) is 4.79 Å². The Kier molecular flexibility index (Phi) is 1.93. The highest BCUT2D eigenvalue weighted by molar-refractivity contribution is 6.35. The van der Waals surface area contributed by atoms with Crippen LogP contribution in [-0.4, -0.2) is 21.3 Å². The van der Waals surface area contributed by atoms with Gasteiger partial charge in [-0.2, -0.15) is 5.10 Å². The highest BCUT2D eigenvalue weighted by atomic mass is 35.5. The van der Waals surface area contributed by atoms with Gasteiger partial charge in [0.2, 0.25) is 0 Å². The van der Waals surface area contributed by atoms with Crippen LogP contribution in [0.2, 0.25) is 5.02 Å². The number of aromatic nitrogens is 2. The number of nitrogens with zero attached hydrogens (tertiary/aromatic N) is 1. The van der Waals surface area contributed by atoms with Gasteiger partial charge in [-0.3, -0.25) is 5.10 Å². The molecule has 5 heteroatoms. The number of benzene rings is 1. The molecule has 0 saturated heterocycles. The molecule has 2 aromatic rings. The third-order valence-corrected chi connectivity index (χ3v) is 2.39. The Morgan fingerprint density at radius 2 is 2.29 bits per heavy atom. The summed E-state index contributed by atoms with van der Waals surface area (Å²) in [6.45, 7) is 1.82. The molecule has 1 aromatic heterocycles. The van der Waals surface area contributed by atoms with Gasteiger partial charge in [-0.1, -0.05) is 17.7 Å². The third kappa shape index (κ3) is 1.15. The Morgan fingerprint density at radius 3 is 2.93 bits per heavy atom. The molecule has 1 heterocycles. The first kappa shape index (κ1) is 9.02. The number of hydrogen-bond acceptors (Lipinski definition) is 2. The molecule has 0 radical (unpaired) electrons. The second kappa shape index (κ2) is 2.99. The quantitative estimate of drug-likeness (QED) is 0.759. The lowest BCUT2D eigenvalue weighted by atomic mass is 10.1. The number of carboxylic acid groups (broad SMARTS) is 1. The highest BCUT2D eigenvalue weighted by Crippen LogP contribution is 2.26. The van der Waals surface area contributed by atoms with Crippen molar-refractivity contribution in [3.05, 3.63) is 28.4 Å². The van der Waals surface area contributed by atoms with Gasteiger partial charge in [-0.25, -0.2) is 4.79 Å². The fraction of sp³-hybridized carbons (Fsp3) is 0.111. The zero-order valence-corrected chi connectivity index (χ0v) is 8.09. The zero-order valence-electron chi connectivity index (χ0n) is 7.34. The molecule has 0 aliphatic heterocycles. The van der Waals surface area contributed by atoms with Crippen LogP contribution in [-0.2, 0) is 0 Å². The number of H-pyrrole nitrogens is 1. The van der Waals surface area contributed by atoms with Gasteiger partial charge in [0.05, 0.1) is 5.02 Å². The summed E-state index contributed by atoms with van der Waals surface area (Å²) in [5, 5.41) is 16.2. The van der Waals surface area contributed by atoms with Gasteiger partial charge in [0.25, 0.3) is 0 Å². The van der Waals surface area contributed by atoms with Crippen molar-refractivity contribution in [2.24, 2.45) is 0 Å². The van der Waals surface area contributed by atoms with Crippen molar-refractivity contribution in [3.8, 4) is 0 Å². The number of carbonyl (C=O) groups is 1. The van der Waals surface area contributed by atoms with E-state index >= 15 is 0 Å². The van der Waals surface area contributed by atoms with E-state index in [0.717, 1.165) is 5.56 Å². The Morgan fingerprint density at radius 1 is 1.57 bits per heavy atom. The maximum Gasteiger partial charge on any atom is 0.354 e. The first-order valence-electron chi connectivity index (χ1n) is 3.97. The Hall–Kier alpha value is -1.55. The summed E-state index contributed by atoms with van der Waals surface area (Å²) in [5.41, 5.74) is 1.43. The molecule has 0 saturated carbocycles. The van der Waals surface area contributed by atoms with Gasteiger partial charge in [0.15, 0.2) is 5.69 Å². The molecule has 0 aliphatic rings. The number of aryl methyl sites for hydroxylation is 1. The summed E-state index contributed by atoms with van der Waals surface area (Å²) in [4.78, 5) is 10.8. The van der Waals surface area contributed by atoms with Crippen LogP contribution < -0.4 is 0 Å². The second-order valence-corrected chi connectivity index (χ2v) is 3.40. The Balaban J connectivity index is 2.90. The van der Waals surface area contributed by atoms with Crippen molar-refractivity contribution in [2.75, 3.05) is 0 Å². The predicted molar refractivity (Wildman–Crippen MR) is 52.8 cm³/mol. The minimum Gasteiger partial charge on any atom is -0.477 e. The van der Waals surface area contributed by atoms with Crippen molar-refractivity contribution in [3.63, 3.8) is 0 Å². The standard InChI is InChI=1S/C9H7ClN2O2/c1-4-2-3-5(10)7-6(4)8(9(13)14)12-11-7/h2-3H,1H3,(H,11,12)(H,13,14). The Labute approximate surface area is 84.5 Å². The molecule has 72 valence electrons. The van der Waals surface area contributed by atoms with Gasteiger partial charge in [0, 0.05) is 5.39 Å². The molecule has 0 spiro atoms. The van der Waals surface area contributed by atoms with Crippen LogP contribution in [0.3, 0.4) is 0 Å². The van der Waals surface area contributed by atoms with Crippen LogP contribution in [0.15, 0.2) is 12.1 Å². The maximum atomic E-state index is 10.8. The van der Waals surface area contributed by atoms with E-state index in [-0.39, 0.29) is 5.69 Å². The highest BCUT2D eigenvalue weighted by Gasteiger charge is 2.15. The smallest absolute Gasteiger partial charge is 0.354 e. The third-order valence-electron chi connectivity index (χ3n) is 2.08. The van der Waals surface area contributed by atoms with E-state index in [0.29, 0.717) is 15.9 Å². The number of rotatable bonds is 1. The molecule has 0 unspecified atom stereocenters. The monoisotopic (exact) mass is 210 g/mol. The van der Waals surface area contributed by atoms with E-state index in [4.69, 9.17) is 16.7 Å². The van der Waals surface area contributed by atoms with Crippen LogP contribution in [0, 0.1) is 6.92 Å². The van der Waals surface area contributed by atoms with E-state index in [1.807, 2.05) is 6.92 Å². The van der Waals surface area contributed by atoms with Crippen LogP contribution in [0.1, 0.15) is 16.1 Å². The second-order valence-electron chi connectivity index (χ2n) is 2.99. The number of aromatic amines is 1. The topological polar surface area (TPSA) is 66.0 Å². The summed E-state index contributed by atoms with van der Waals surface area (Å²) in [7, 11) is 0.